The summed E-state index contributed by atoms with van der Waals surface area (Å²) in [5, 5.41) is 15.6. The molecule has 0 aromatic heterocycles. The van der Waals surface area contributed by atoms with Gasteiger partial charge in [0.05, 0.1) is 0 Å². The van der Waals surface area contributed by atoms with Crippen LogP contribution in [0.2, 0.25) is 0 Å². The number of aryl methyl sites for hydroxylation is 1. The fourth-order valence-corrected chi connectivity index (χ4v) is 4.66. The predicted molar refractivity (Wildman–Crippen MR) is 163 cm³/mol. The number of phenols is 1. The molecule has 0 aliphatic rings. The fraction of sp³-hybridized carbons (Fsp3) is 0.545. The van der Waals surface area contributed by atoms with Crippen molar-refractivity contribution in [1.29, 1.82) is 0 Å². The Bertz CT molecular complexity index is 1160. The summed E-state index contributed by atoms with van der Waals surface area (Å²) in [5.41, 5.74) is 2.71. The Morgan fingerprint density at radius 3 is 2.24 bits per heavy atom. The van der Waals surface area contributed by atoms with Crippen molar-refractivity contribution in [2.75, 3.05) is 6.54 Å². The van der Waals surface area contributed by atoms with Crippen molar-refractivity contribution in [2.24, 2.45) is 0 Å². The number of carbonyl (C=O) groups excluding carboxylic acids is 3. The van der Waals surface area contributed by atoms with E-state index in [2.05, 4.69) is 17.6 Å². The van der Waals surface area contributed by atoms with Crippen LogP contribution >= 0.6 is 0 Å². The van der Waals surface area contributed by atoms with Gasteiger partial charge >= 0.3 is 6.09 Å². The lowest BCUT2D eigenvalue weighted by atomic mass is 9.93. The molecule has 8 nitrogen and oxygen atoms in total. The summed E-state index contributed by atoms with van der Waals surface area (Å²) >= 11 is 0. The van der Waals surface area contributed by atoms with E-state index in [1.54, 1.807) is 49.9 Å². The van der Waals surface area contributed by atoms with E-state index in [1.165, 1.54) is 0 Å². The maximum atomic E-state index is 14.5. The normalized spacial score (nSPS) is 13.6. The third-order valence-corrected chi connectivity index (χ3v) is 7.23. The first-order chi connectivity index (χ1) is 19.3. The highest BCUT2D eigenvalue weighted by molar-refractivity contribution is 5.92. The second kappa shape index (κ2) is 15.5. The molecule has 2 aromatic rings. The number of amides is 3. The number of rotatable bonds is 13. The van der Waals surface area contributed by atoms with Gasteiger partial charge in [-0.25, -0.2) is 4.79 Å². The molecule has 3 unspecified atom stereocenters. The van der Waals surface area contributed by atoms with Crippen LogP contribution in [0.25, 0.3) is 0 Å². The number of ether oxygens (including phenoxy) is 1. The first kappa shape index (κ1) is 33.7. The summed E-state index contributed by atoms with van der Waals surface area (Å²) < 4.78 is 5.51. The number of carbonyl (C=O) groups is 3. The molecule has 0 bridgehead atoms. The van der Waals surface area contributed by atoms with Crippen LogP contribution in [0, 0.1) is 13.8 Å². The topological polar surface area (TPSA) is 108 Å². The largest absolute Gasteiger partial charge is 0.508 e. The Hall–Kier alpha value is -3.55. The highest BCUT2D eigenvalue weighted by Gasteiger charge is 2.39. The van der Waals surface area contributed by atoms with Crippen molar-refractivity contribution < 1.29 is 24.2 Å². The second-order valence-corrected chi connectivity index (χ2v) is 11.8. The van der Waals surface area contributed by atoms with Crippen LogP contribution in [-0.4, -0.2) is 52.1 Å². The average Bonchev–Trinajstić information content (AvgIpc) is 2.90. The molecule has 0 saturated carbocycles. The van der Waals surface area contributed by atoms with Crippen molar-refractivity contribution >= 4 is 17.9 Å². The van der Waals surface area contributed by atoms with Crippen molar-refractivity contribution in [3.8, 4) is 5.75 Å². The molecule has 3 amide bonds. The molecular formula is C33H49N3O5. The van der Waals surface area contributed by atoms with Crippen LogP contribution in [0.3, 0.4) is 0 Å². The van der Waals surface area contributed by atoms with Gasteiger partial charge in [-0.3, -0.25) is 9.59 Å². The SMILES string of the molecule is CCCCCNC(=O)C(c1cccc(C)c1C)N(C(=O)C(Cc1ccc(O)cc1)NC(=O)OC(C)(C)C)C(C)CC. The number of hydrogen-bond donors (Lipinski definition) is 3. The Kier molecular flexibility index (Phi) is 12.7. The molecule has 226 valence electrons. The Morgan fingerprint density at radius 2 is 1.66 bits per heavy atom. The van der Waals surface area contributed by atoms with Gasteiger partial charge in [0.15, 0.2) is 0 Å². The number of aromatic hydroxyl groups is 1. The summed E-state index contributed by atoms with van der Waals surface area (Å²) in [6.45, 7) is 15.7. The van der Waals surface area contributed by atoms with Gasteiger partial charge in [-0.2, -0.15) is 0 Å². The highest BCUT2D eigenvalue weighted by Crippen LogP contribution is 2.30. The summed E-state index contributed by atoms with van der Waals surface area (Å²) in [7, 11) is 0. The third-order valence-electron chi connectivity index (χ3n) is 7.23. The Morgan fingerprint density at radius 1 is 1.00 bits per heavy atom. The number of nitrogens with one attached hydrogen (secondary N) is 2. The minimum atomic E-state index is -1.01. The Labute approximate surface area is 245 Å². The van der Waals surface area contributed by atoms with Crippen LogP contribution in [0.5, 0.6) is 5.75 Å². The van der Waals surface area contributed by atoms with E-state index in [1.807, 2.05) is 45.9 Å². The molecule has 2 aromatic carbocycles. The minimum absolute atomic E-state index is 0.104. The van der Waals surface area contributed by atoms with E-state index in [9.17, 15) is 19.5 Å². The lowest BCUT2D eigenvalue weighted by Gasteiger charge is -2.39. The second-order valence-electron chi connectivity index (χ2n) is 11.8. The van der Waals surface area contributed by atoms with E-state index in [-0.39, 0.29) is 30.0 Å². The molecule has 3 atom stereocenters. The summed E-state index contributed by atoms with van der Waals surface area (Å²) in [6.07, 6.45) is 2.92. The zero-order valence-corrected chi connectivity index (χ0v) is 26.0. The zero-order valence-electron chi connectivity index (χ0n) is 26.0. The van der Waals surface area contributed by atoms with Crippen molar-refractivity contribution in [3.05, 3.63) is 64.7 Å². The monoisotopic (exact) mass is 567 g/mol. The van der Waals surface area contributed by atoms with Gasteiger partial charge in [0.25, 0.3) is 0 Å². The number of nitrogens with zero attached hydrogens (tertiary/aromatic N) is 1. The number of unbranched alkanes of at least 4 members (excludes halogenated alkanes) is 2. The highest BCUT2D eigenvalue weighted by atomic mass is 16.6. The van der Waals surface area contributed by atoms with E-state index >= 15 is 0 Å². The maximum Gasteiger partial charge on any atom is 0.408 e. The predicted octanol–water partition coefficient (Wildman–Crippen LogP) is 6.12. The molecule has 2 rings (SSSR count). The molecule has 41 heavy (non-hydrogen) atoms. The van der Waals surface area contributed by atoms with Crippen LogP contribution in [-0.2, 0) is 20.7 Å². The number of alkyl carbamates (subject to hydrolysis) is 1. The third kappa shape index (κ3) is 10.1. The lowest BCUT2D eigenvalue weighted by Crippen LogP contribution is -2.56. The maximum absolute atomic E-state index is 14.5. The first-order valence-corrected chi connectivity index (χ1v) is 14.7. The molecule has 0 fully saturated rings. The zero-order chi connectivity index (χ0) is 30.7. The van der Waals surface area contributed by atoms with E-state index < -0.39 is 23.8 Å². The van der Waals surface area contributed by atoms with Gasteiger partial charge in [0.2, 0.25) is 11.8 Å². The lowest BCUT2D eigenvalue weighted by molar-refractivity contribution is -0.145. The van der Waals surface area contributed by atoms with Crippen LogP contribution in [0.1, 0.15) is 95.5 Å². The van der Waals surface area contributed by atoms with Gasteiger partial charge in [-0.15, -0.1) is 0 Å². The molecule has 3 N–H and O–H groups in total. The van der Waals surface area contributed by atoms with E-state index in [4.69, 9.17) is 4.74 Å². The molecular weight excluding hydrogens is 518 g/mol. The van der Waals surface area contributed by atoms with Crippen molar-refractivity contribution in [2.45, 2.75) is 111 Å². The van der Waals surface area contributed by atoms with Gasteiger partial charge in [-0.05, 0) is 88.8 Å². The summed E-state index contributed by atoms with van der Waals surface area (Å²) in [6, 6.07) is 10.1. The van der Waals surface area contributed by atoms with Crippen LogP contribution in [0.15, 0.2) is 42.5 Å². The molecule has 0 radical (unpaired) electrons. The van der Waals surface area contributed by atoms with Gasteiger partial charge in [0.1, 0.15) is 23.4 Å². The quantitative estimate of drug-likeness (QED) is 0.253. The Balaban J connectivity index is 2.60. The smallest absolute Gasteiger partial charge is 0.408 e. The standard InChI is InChI=1S/C33H49N3O5/c1-9-11-12-20-34-30(38)29(27-15-13-14-22(3)24(27)5)36(23(4)10-2)31(39)28(35-32(40)41-33(6,7)8)21-25-16-18-26(37)19-17-25/h13-19,23,28-29,37H,9-12,20-21H2,1-8H3,(H,34,38)(H,35,40). The summed E-state index contributed by atoms with van der Waals surface area (Å²) in [4.78, 5) is 43.0. The molecule has 8 heteroatoms. The molecule has 0 saturated heterocycles. The summed E-state index contributed by atoms with van der Waals surface area (Å²) in [5.74, 6) is -0.523. The molecule has 0 heterocycles. The number of benzene rings is 2. The van der Waals surface area contributed by atoms with E-state index in [0.717, 1.165) is 41.5 Å². The molecule has 0 spiro atoms. The average molecular weight is 568 g/mol. The van der Waals surface area contributed by atoms with Gasteiger partial charge in [0, 0.05) is 19.0 Å². The van der Waals surface area contributed by atoms with Crippen LogP contribution < -0.4 is 10.6 Å². The fourth-order valence-electron chi connectivity index (χ4n) is 4.66. The molecule has 0 aliphatic carbocycles. The van der Waals surface area contributed by atoms with Crippen LogP contribution in [0.4, 0.5) is 4.79 Å². The minimum Gasteiger partial charge on any atom is -0.508 e. The van der Waals surface area contributed by atoms with E-state index in [0.29, 0.717) is 13.0 Å². The van der Waals surface area contributed by atoms with Crippen molar-refractivity contribution in [3.63, 3.8) is 0 Å². The van der Waals surface area contributed by atoms with Gasteiger partial charge in [-0.1, -0.05) is 57.0 Å². The molecule has 0 aliphatic heterocycles. The van der Waals surface area contributed by atoms with Gasteiger partial charge < -0.3 is 25.4 Å². The first-order valence-electron chi connectivity index (χ1n) is 14.7. The number of phenolic OH excluding ortho intramolecular Hbond substituents is 1. The van der Waals surface area contributed by atoms with Crippen molar-refractivity contribution in [1.82, 2.24) is 15.5 Å². The number of hydrogen-bond acceptors (Lipinski definition) is 5.